The van der Waals surface area contributed by atoms with E-state index in [1.54, 1.807) is 12.0 Å². The first-order valence-corrected chi connectivity index (χ1v) is 14.6. The number of aromatic nitrogens is 1. The standard InChI is InChI=1S/C31H43F3N4O3/c1-22(30(39)38-14-11-27-24(20-38)17-25(18-35-27)31(32,33)34)16-26(36-28-12-15-41-21-29(28)40-3)10-7-13-37(2)19-23-8-5-4-6-9-23/h4-6,8-9,17-18,22,26,28-29,36H,7,10-16,19-21H2,1-3H3. The quantitative estimate of drug-likeness (QED) is 0.396. The topological polar surface area (TPSA) is 66.9 Å². The van der Waals surface area contributed by atoms with Crippen molar-refractivity contribution in [3.05, 3.63) is 65.0 Å². The van der Waals surface area contributed by atoms with Crippen LogP contribution in [0, 0.1) is 5.92 Å². The van der Waals surface area contributed by atoms with E-state index in [2.05, 4.69) is 34.4 Å². The minimum Gasteiger partial charge on any atom is -0.379 e. The number of nitrogens with zero attached hydrogens (tertiary/aromatic N) is 3. The summed E-state index contributed by atoms with van der Waals surface area (Å²) in [4.78, 5) is 21.6. The van der Waals surface area contributed by atoms with Crippen LogP contribution in [0.5, 0.6) is 0 Å². The van der Waals surface area contributed by atoms with Gasteiger partial charge < -0.3 is 24.6 Å². The molecule has 41 heavy (non-hydrogen) atoms. The average Bonchev–Trinajstić information content (AvgIpc) is 2.96. The predicted molar refractivity (Wildman–Crippen MR) is 151 cm³/mol. The van der Waals surface area contributed by atoms with Crippen LogP contribution in [0.1, 0.15) is 55.0 Å². The Morgan fingerprint density at radius 1 is 1.29 bits per heavy atom. The van der Waals surface area contributed by atoms with Gasteiger partial charge in [0.1, 0.15) is 0 Å². The van der Waals surface area contributed by atoms with E-state index in [4.69, 9.17) is 9.47 Å². The second-order valence-electron chi connectivity index (χ2n) is 11.4. The van der Waals surface area contributed by atoms with Crippen LogP contribution >= 0.6 is 0 Å². The van der Waals surface area contributed by atoms with Crippen molar-refractivity contribution in [2.45, 2.75) is 76.5 Å². The number of methoxy groups -OCH3 is 1. The Labute approximate surface area is 241 Å². The molecule has 1 N–H and O–H groups in total. The zero-order valence-electron chi connectivity index (χ0n) is 24.3. The summed E-state index contributed by atoms with van der Waals surface area (Å²) < 4.78 is 51.0. The summed E-state index contributed by atoms with van der Waals surface area (Å²) in [6.07, 6.45) is 0.168. The number of carbonyl (C=O) groups is 1. The van der Waals surface area contributed by atoms with Crippen molar-refractivity contribution in [2.24, 2.45) is 5.92 Å². The van der Waals surface area contributed by atoms with Crippen LogP contribution < -0.4 is 5.32 Å². The fourth-order valence-corrected chi connectivity index (χ4v) is 5.90. The largest absolute Gasteiger partial charge is 0.417 e. The summed E-state index contributed by atoms with van der Waals surface area (Å²) in [5.41, 5.74) is 1.62. The summed E-state index contributed by atoms with van der Waals surface area (Å²) in [7, 11) is 3.81. The number of rotatable bonds is 12. The third-order valence-electron chi connectivity index (χ3n) is 8.18. The van der Waals surface area contributed by atoms with Gasteiger partial charge in [0.05, 0.1) is 18.3 Å². The zero-order valence-corrected chi connectivity index (χ0v) is 24.3. The van der Waals surface area contributed by atoms with Gasteiger partial charge >= 0.3 is 6.18 Å². The van der Waals surface area contributed by atoms with E-state index in [1.807, 2.05) is 25.1 Å². The maximum atomic E-state index is 13.5. The molecule has 1 aromatic heterocycles. The van der Waals surface area contributed by atoms with Gasteiger partial charge in [0.25, 0.3) is 0 Å². The van der Waals surface area contributed by atoms with Gasteiger partial charge in [-0.05, 0) is 56.5 Å². The van der Waals surface area contributed by atoms with Crippen LogP contribution in [-0.2, 0) is 40.0 Å². The van der Waals surface area contributed by atoms with Crippen molar-refractivity contribution in [3.63, 3.8) is 0 Å². The van der Waals surface area contributed by atoms with Crippen LogP contribution in [-0.4, -0.2) is 79.3 Å². The molecule has 0 spiro atoms. The number of halogens is 3. The van der Waals surface area contributed by atoms with Gasteiger partial charge in [0, 0.05) is 69.7 Å². The molecule has 4 unspecified atom stereocenters. The fourth-order valence-electron chi connectivity index (χ4n) is 5.90. The molecule has 3 heterocycles. The van der Waals surface area contributed by atoms with Crippen LogP contribution in [0.2, 0.25) is 0 Å². The van der Waals surface area contributed by atoms with Crippen LogP contribution in [0.3, 0.4) is 0 Å². The van der Waals surface area contributed by atoms with Gasteiger partial charge in [-0.1, -0.05) is 37.3 Å². The van der Waals surface area contributed by atoms with E-state index in [0.717, 1.165) is 44.6 Å². The second kappa shape index (κ2) is 14.6. The van der Waals surface area contributed by atoms with Gasteiger partial charge in [0.2, 0.25) is 5.91 Å². The minimum absolute atomic E-state index is 0.0312. The molecule has 0 radical (unpaired) electrons. The fraction of sp³-hybridized carbons (Fsp3) is 0.613. The molecular formula is C31H43F3N4O3. The highest BCUT2D eigenvalue weighted by Crippen LogP contribution is 2.31. The monoisotopic (exact) mass is 576 g/mol. The number of hydrogen-bond donors (Lipinski definition) is 1. The van der Waals surface area contributed by atoms with Crippen LogP contribution in [0.4, 0.5) is 13.2 Å². The van der Waals surface area contributed by atoms with E-state index in [0.29, 0.717) is 43.9 Å². The minimum atomic E-state index is -4.46. The van der Waals surface area contributed by atoms with Crippen molar-refractivity contribution >= 4 is 5.91 Å². The number of hydrogen-bond acceptors (Lipinski definition) is 6. The first-order chi connectivity index (χ1) is 19.6. The summed E-state index contributed by atoms with van der Waals surface area (Å²) >= 11 is 0. The van der Waals surface area contributed by atoms with Crippen molar-refractivity contribution in [1.29, 1.82) is 0 Å². The highest BCUT2D eigenvalue weighted by Gasteiger charge is 2.34. The molecule has 1 aromatic carbocycles. The zero-order chi connectivity index (χ0) is 29.4. The predicted octanol–water partition coefficient (Wildman–Crippen LogP) is 4.69. The van der Waals surface area contributed by atoms with Gasteiger partial charge in [0.15, 0.2) is 0 Å². The highest BCUT2D eigenvalue weighted by molar-refractivity contribution is 5.78. The summed E-state index contributed by atoms with van der Waals surface area (Å²) in [5, 5.41) is 3.78. The van der Waals surface area contributed by atoms with E-state index >= 15 is 0 Å². The number of benzene rings is 1. The Morgan fingerprint density at radius 3 is 2.80 bits per heavy atom. The normalized spacial score (nSPS) is 21.0. The molecule has 1 saturated heterocycles. The smallest absolute Gasteiger partial charge is 0.379 e. The lowest BCUT2D eigenvalue weighted by Crippen LogP contribution is -2.52. The Kier molecular flexibility index (Phi) is 11.2. The van der Waals surface area contributed by atoms with Gasteiger partial charge in [-0.25, -0.2) is 0 Å². The Balaban J connectivity index is 1.37. The van der Waals surface area contributed by atoms with Crippen molar-refractivity contribution in [2.75, 3.05) is 40.5 Å². The first kappa shape index (κ1) is 31.4. The molecule has 0 saturated carbocycles. The highest BCUT2D eigenvalue weighted by atomic mass is 19.4. The number of alkyl halides is 3. The van der Waals surface area contributed by atoms with Crippen molar-refractivity contribution < 1.29 is 27.4 Å². The first-order valence-electron chi connectivity index (χ1n) is 14.6. The molecule has 4 rings (SSSR count). The number of nitrogens with one attached hydrogen (secondary N) is 1. The molecule has 2 aromatic rings. The molecule has 1 amide bonds. The number of ether oxygens (including phenoxy) is 2. The molecule has 2 aliphatic rings. The summed E-state index contributed by atoms with van der Waals surface area (Å²) in [5.74, 6) is -0.313. The number of fused-ring (bicyclic) bond motifs is 1. The van der Waals surface area contributed by atoms with Gasteiger partial charge in [-0.15, -0.1) is 0 Å². The lowest BCUT2D eigenvalue weighted by Gasteiger charge is -2.36. The summed E-state index contributed by atoms with van der Waals surface area (Å²) in [6, 6.07) is 11.7. The molecule has 1 fully saturated rings. The Bertz CT molecular complexity index is 1120. The van der Waals surface area contributed by atoms with Crippen LogP contribution in [0.15, 0.2) is 42.6 Å². The maximum absolute atomic E-state index is 13.5. The third kappa shape index (κ3) is 8.98. The molecule has 0 aliphatic carbocycles. The third-order valence-corrected chi connectivity index (χ3v) is 8.18. The lowest BCUT2D eigenvalue weighted by molar-refractivity contribution is -0.138. The number of pyridine rings is 1. The second-order valence-corrected chi connectivity index (χ2v) is 11.4. The molecule has 0 bridgehead atoms. The van der Waals surface area contributed by atoms with E-state index in [1.165, 1.54) is 5.56 Å². The van der Waals surface area contributed by atoms with Gasteiger partial charge in [-0.2, -0.15) is 13.2 Å². The Hall–Kier alpha value is -2.53. The molecule has 226 valence electrons. The lowest BCUT2D eigenvalue weighted by atomic mass is 9.93. The molecule has 2 aliphatic heterocycles. The van der Waals surface area contributed by atoms with Crippen molar-refractivity contribution in [3.8, 4) is 0 Å². The SMILES string of the molecule is COC1COCCC1NC(CCCN(C)Cc1ccccc1)CC(C)C(=O)N1CCc2ncc(C(F)(F)F)cc2C1. The summed E-state index contributed by atoms with van der Waals surface area (Å²) in [6.45, 7) is 5.55. The maximum Gasteiger partial charge on any atom is 0.417 e. The molecule has 7 nitrogen and oxygen atoms in total. The van der Waals surface area contributed by atoms with E-state index in [-0.39, 0.29) is 36.6 Å². The molecule has 4 atom stereocenters. The Morgan fingerprint density at radius 2 is 2.07 bits per heavy atom. The van der Waals surface area contributed by atoms with E-state index in [9.17, 15) is 18.0 Å². The van der Waals surface area contributed by atoms with Crippen LogP contribution in [0.25, 0.3) is 0 Å². The van der Waals surface area contributed by atoms with Gasteiger partial charge in [-0.3, -0.25) is 9.78 Å². The van der Waals surface area contributed by atoms with Crippen molar-refractivity contribution in [1.82, 2.24) is 20.1 Å². The average molecular weight is 577 g/mol. The molecular weight excluding hydrogens is 533 g/mol. The van der Waals surface area contributed by atoms with E-state index < -0.39 is 11.7 Å². The number of amides is 1. The number of carbonyl (C=O) groups excluding carboxylic acids is 1. The molecule has 10 heteroatoms.